The van der Waals surface area contributed by atoms with Crippen LogP contribution in [0.15, 0.2) is 78.9 Å². The smallest absolute Gasteiger partial charge is 0.0806 e. The molecular formula is C24H15B. The lowest BCUT2D eigenvalue weighted by Gasteiger charge is -2.12. The first-order chi connectivity index (χ1) is 12.3. The van der Waals surface area contributed by atoms with Gasteiger partial charge in [0.25, 0.3) is 0 Å². The topological polar surface area (TPSA) is 0 Å². The molecule has 0 aromatic heterocycles. The lowest BCUT2D eigenvalue weighted by atomic mass is 9.84. The van der Waals surface area contributed by atoms with E-state index in [2.05, 4.69) is 86.7 Å². The average Bonchev–Trinajstić information content (AvgIpc) is 2.99. The summed E-state index contributed by atoms with van der Waals surface area (Å²) in [6.07, 6.45) is 0. The van der Waals surface area contributed by atoms with Gasteiger partial charge in [0, 0.05) is 0 Å². The van der Waals surface area contributed by atoms with E-state index in [1.807, 2.05) is 0 Å². The first kappa shape index (κ1) is 13.3. The zero-order chi connectivity index (χ0) is 16.5. The molecule has 0 nitrogen and oxygen atoms in total. The fraction of sp³-hybridized carbons (Fsp3) is 0. The van der Waals surface area contributed by atoms with Crippen molar-refractivity contribution in [2.75, 3.05) is 0 Å². The van der Waals surface area contributed by atoms with Gasteiger partial charge in [-0.05, 0) is 60.6 Å². The fourth-order valence-corrected chi connectivity index (χ4v) is 4.63. The van der Waals surface area contributed by atoms with Crippen LogP contribution in [0.3, 0.4) is 0 Å². The predicted octanol–water partition coefficient (Wildman–Crippen LogP) is 5.05. The van der Waals surface area contributed by atoms with E-state index >= 15 is 0 Å². The summed E-state index contributed by atoms with van der Waals surface area (Å²) in [6, 6.07) is 29.1. The maximum atomic E-state index is 2.41. The molecule has 0 saturated carbocycles. The first-order valence-corrected chi connectivity index (χ1v) is 8.80. The average molecular weight is 314 g/mol. The second kappa shape index (κ2) is 4.52. The highest BCUT2D eigenvalue weighted by Gasteiger charge is 2.22. The third kappa shape index (κ3) is 1.58. The van der Waals surface area contributed by atoms with Crippen LogP contribution in [0.4, 0.5) is 0 Å². The van der Waals surface area contributed by atoms with Crippen LogP contribution in [0.1, 0.15) is 0 Å². The highest BCUT2D eigenvalue weighted by atomic mass is 14.2. The highest BCUT2D eigenvalue weighted by Crippen LogP contribution is 2.49. The Morgan fingerprint density at radius 1 is 0.440 bits per heavy atom. The van der Waals surface area contributed by atoms with Gasteiger partial charge < -0.3 is 0 Å². The molecule has 0 aliphatic heterocycles. The molecule has 0 bridgehead atoms. The van der Waals surface area contributed by atoms with Crippen molar-refractivity contribution in [3.05, 3.63) is 78.9 Å². The molecule has 5 aromatic carbocycles. The molecule has 0 spiro atoms. The van der Waals surface area contributed by atoms with Crippen molar-refractivity contribution in [1.29, 1.82) is 0 Å². The molecule has 5 aromatic rings. The normalized spacial score (nSPS) is 12.2. The lowest BCUT2D eigenvalue weighted by molar-refractivity contribution is 1.70. The van der Waals surface area contributed by atoms with Gasteiger partial charge in [0.05, 0.1) is 0 Å². The predicted molar refractivity (Wildman–Crippen MR) is 112 cm³/mol. The van der Waals surface area contributed by atoms with E-state index in [1.54, 1.807) is 0 Å². The Bertz CT molecular complexity index is 1350. The van der Waals surface area contributed by atoms with Gasteiger partial charge in [0.2, 0.25) is 0 Å². The number of hydrogen-bond acceptors (Lipinski definition) is 0. The first-order valence-electron chi connectivity index (χ1n) is 8.80. The summed E-state index contributed by atoms with van der Waals surface area (Å²) in [7, 11) is 2.22. The Kier molecular flexibility index (Phi) is 2.40. The minimum atomic E-state index is 1.35. The molecule has 0 saturated heterocycles. The molecular weight excluding hydrogens is 299 g/mol. The Morgan fingerprint density at radius 2 is 1.04 bits per heavy atom. The minimum absolute atomic E-state index is 1.35. The summed E-state index contributed by atoms with van der Waals surface area (Å²) >= 11 is 0. The van der Waals surface area contributed by atoms with Gasteiger partial charge in [-0.3, -0.25) is 0 Å². The molecule has 1 aliphatic rings. The lowest BCUT2D eigenvalue weighted by Crippen LogP contribution is -2.04. The van der Waals surface area contributed by atoms with E-state index in [-0.39, 0.29) is 0 Å². The molecule has 0 heterocycles. The van der Waals surface area contributed by atoms with E-state index in [0.29, 0.717) is 0 Å². The summed E-state index contributed by atoms with van der Waals surface area (Å²) in [4.78, 5) is 0. The molecule has 6 rings (SSSR count). The van der Waals surface area contributed by atoms with Crippen LogP contribution < -0.4 is 5.46 Å². The molecule has 0 unspecified atom stereocenters. The minimum Gasteiger partial charge on any atom is -0.0806 e. The number of hydrogen-bond donors (Lipinski definition) is 0. The van der Waals surface area contributed by atoms with Gasteiger partial charge in [-0.25, -0.2) is 0 Å². The van der Waals surface area contributed by atoms with Crippen LogP contribution >= 0.6 is 0 Å². The summed E-state index contributed by atoms with van der Waals surface area (Å²) in [5.41, 5.74) is 6.82. The molecule has 1 aliphatic carbocycles. The van der Waals surface area contributed by atoms with E-state index in [1.165, 1.54) is 60.0 Å². The Morgan fingerprint density at radius 3 is 1.88 bits per heavy atom. The molecule has 114 valence electrons. The van der Waals surface area contributed by atoms with Gasteiger partial charge in [0.1, 0.15) is 7.85 Å². The zero-order valence-electron chi connectivity index (χ0n) is 14.0. The Labute approximate surface area is 147 Å². The van der Waals surface area contributed by atoms with Crippen molar-refractivity contribution in [2.45, 2.75) is 0 Å². The van der Waals surface area contributed by atoms with Crippen molar-refractivity contribution in [3.63, 3.8) is 0 Å². The van der Waals surface area contributed by atoms with Gasteiger partial charge >= 0.3 is 0 Å². The summed E-state index contributed by atoms with van der Waals surface area (Å²) in [5.74, 6) is 0. The molecule has 0 atom stereocenters. The SMILES string of the molecule is Bc1cc2c3cccc4c3c(cc2c2ccccc12)-c1ccccc1-4. The maximum Gasteiger partial charge on any atom is 0.140 e. The van der Waals surface area contributed by atoms with Crippen molar-refractivity contribution in [2.24, 2.45) is 0 Å². The number of fused-ring (bicyclic) bond motifs is 7. The second-order valence-electron chi connectivity index (χ2n) is 7.03. The van der Waals surface area contributed by atoms with Crippen LogP contribution in [0.5, 0.6) is 0 Å². The molecule has 0 N–H and O–H groups in total. The van der Waals surface area contributed by atoms with Crippen molar-refractivity contribution in [3.8, 4) is 22.3 Å². The second-order valence-corrected chi connectivity index (χ2v) is 7.03. The largest absolute Gasteiger partial charge is 0.140 e. The highest BCUT2D eigenvalue weighted by molar-refractivity contribution is 6.42. The van der Waals surface area contributed by atoms with Crippen LogP contribution in [0.2, 0.25) is 0 Å². The van der Waals surface area contributed by atoms with E-state index in [4.69, 9.17) is 0 Å². The van der Waals surface area contributed by atoms with E-state index < -0.39 is 0 Å². The van der Waals surface area contributed by atoms with Crippen LogP contribution in [-0.2, 0) is 0 Å². The summed E-state index contributed by atoms with van der Waals surface area (Å²) in [6.45, 7) is 0. The third-order valence-electron chi connectivity index (χ3n) is 5.71. The van der Waals surface area contributed by atoms with E-state index in [0.717, 1.165) is 0 Å². The number of benzene rings is 5. The van der Waals surface area contributed by atoms with Crippen molar-refractivity contribution in [1.82, 2.24) is 0 Å². The van der Waals surface area contributed by atoms with Gasteiger partial charge in [-0.2, -0.15) is 0 Å². The number of rotatable bonds is 0. The monoisotopic (exact) mass is 314 g/mol. The molecule has 25 heavy (non-hydrogen) atoms. The van der Waals surface area contributed by atoms with Crippen LogP contribution in [0, 0.1) is 0 Å². The van der Waals surface area contributed by atoms with Gasteiger partial charge in [0.15, 0.2) is 0 Å². The van der Waals surface area contributed by atoms with Crippen molar-refractivity contribution >= 4 is 45.6 Å². The Balaban J connectivity index is 1.94. The molecule has 0 amide bonds. The Hall–Kier alpha value is -3.06. The maximum absolute atomic E-state index is 2.41. The van der Waals surface area contributed by atoms with Gasteiger partial charge in [-0.15, -0.1) is 0 Å². The standard InChI is InChI=1S/C24H15B/c25-23-13-21-19-11-5-10-18-14-6-1-2-7-15(14)22(24(18)19)12-20(21)16-8-3-4-9-17(16)23/h1-13H,25H2. The molecule has 1 heteroatoms. The van der Waals surface area contributed by atoms with Crippen molar-refractivity contribution < 1.29 is 0 Å². The van der Waals surface area contributed by atoms with E-state index in [9.17, 15) is 0 Å². The van der Waals surface area contributed by atoms with Gasteiger partial charge in [-0.1, -0.05) is 78.3 Å². The van der Waals surface area contributed by atoms with Crippen LogP contribution in [-0.4, -0.2) is 7.85 Å². The molecule has 0 fully saturated rings. The summed E-state index contributed by atoms with van der Waals surface area (Å²) < 4.78 is 0. The third-order valence-corrected chi connectivity index (χ3v) is 5.71. The fourth-order valence-electron chi connectivity index (χ4n) is 4.63. The van der Waals surface area contributed by atoms with Crippen LogP contribution in [0.25, 0.3) is 54.6 Å². The zero-order valence-corrected chi connectivity index (χ0v) is 14.0. The quantitative estimate of drug-likeness (QED) is 0.272. The molecule has 0 radical (unpaired) electrons. The summed E-state index contributed by atoms with van der Waals surface area (Å²) in [5, 5.41) is 8.21.